The molecule has 2 rings (SSSR count). The van der Waals surface area contributed by atoms with E-state index in [2.05, 4.69) is 35.4 Å². The zero-order valence-corrected chi connectivity index (χ0v) is 13.0. The fourth-order valence-electron chi connectivity index (χ4n) is 2.04. The second kappa shape index (κ2) is 5.79. The van der Waals surface area contributed by atoms with Gasteiger partial charge in [-0.25, -0.2) is 0 Å². The SMILES string of the molecule is CCNCc1c(C)nn(C)c1Sc1cc(C)nn1C. The highest BCUT2D eigenvalue weighted by molar-refractivity contribution is 7.99. The van der Waals surface area contributed by atoms with E-state index in [1.807, 2.05) is 30.4 Å². The summed E-state index contributed by atoms with van der Waals surface area (Å²) in [6.45, 7) is 8.00. The van der Waals surface area contributed by atoms with Gasteiger partial charge in [0, 0.05) is 26.2 Å². The molecule has 0 aromatic carbocycles. The van der Waals surface area contributed by atoms with Gasteiger partial charge in [0.2, 0.25) is 0 Å². The Hall–Kier alpha value is -1.27. The van der Waals surface area contributed by atoms with E-state index in [1.54, 1.807) is 11.8 Å². The standard InChI is InChI=1S/C13H21N5S/c1-6-14-8-11-10(3)16-18(5)13(11)19-12-7-9(2)15-17(12)4/h7,14H,6,8H2,1-5H3. The van der Waals surface area contributed by atoms with E-state index in [-0.39, 0.29) is 0 Å². The fraction of sp³-hybridized carbons (Fsp3) is 0.538. The quantitative estimate of drug-likeness (QED) is 0.910. The summed E-state index contributed by atoms with van der Waals surface area (Å²) in [5.74, 6) is 0. The van der Waals surface area contributed by atoms with Crippen molar-refractivity contribution in [2.45, 2.75) is 37.4 Å². The molecule has 2 aromatic heterocycles. The molecule has 0 aliphatic rings. The molecule has 104 valence electrons. The van der Waals surface area contributed by atoms with E-state index >= 15 is 0 Å². The summed E-state index contributed by atoms with van der Waals surface area (Å²) >= 11 is 1.72. The zero-order chi connectivity index (χ0) is 14.0. The summed E-state index contributed by atoms with van der Waals surface area (Å²) in [5, 5.41) is 14.6. The fourth-order valence-corrected chi connectivity index (χ4v) is 3.16. The van der Waals surface area contributed by atoms with E-state index in [9.17, 15) is 0 Å². The van der Waals surface area contributed by atoms with Gasteiger partial charge < -0.3 is 5.32 Å². The van der Waals surface area contributed by atoms with Gasteiger partial charge in [-0.2, -0.15) is 10.2 Å². The molecule has 0 spiro atoms. The molecule has 6 heteroatoms. The smallest absolute Gasteiger partial charge is 0.105 e. The minimum absolute atomic E-state index is 0.856. The van der Waals surface area contributed by atoms with Gasteiger partial charge in [0.1, 0.15) is 10.1 Å². The van der Waals surface area contributed by atoms with Crippen molar-refractivity contribution in [3.63, 3.8) is 0 Å². The first-order valence-corrected chi connectivity index (χ1v) is 7.26. The Morgan fingerprint density at radius 3 is 2.53 bits per heavy atom. The Kier molecular flexibility index (Phi) is 4.31. The molecule has 2 aromatic rings. The van der Waals surface area contributed by atoms with Crippen molar-refractivity contribution in [3.05, 3.63) is 23.0 Å². The van der Waals surface area contributed by atoms with Crippen LogP contribution < -0.4 is 5.32 Å². The lowest BCUT2D eigenvalue weighted by atomic mass is 10.2. The van der Waals surface area contributed by atoms with Crippen LogP contribution in [0, 0.1) is 13.8 Å². The predicted octanol–water partition coefficient (Wildman–Crippen LogP) is 2.03. The molecule has 0 unspecified atom stereocenters. The minimum atomic E-state index is 0.856. The van der Waals surface area contributed by atoms with Crippen molar-refractivity contribution in [2.75, 3.05) is 6.54 Å². The minimum Gasteiger partial charge on any atom is -0.313 e. The molecule has 0 saturated heterocycles. The number of aryl methyl sites for hydroxylation is 4. The highest BCUT2D eigenvalue weighted by Crippen LogP contribution is 2.31. The van der Waals surface area contributed by atoms with Gasteiger partial charge in [-0.15, -0.1) is 0 Å². The Morgan fingerprint density at radius 2 is 1.95 bits per heavy atom. The summed E-state index contributed by atoms with van der Waals surface area (Å²) in [7, 11) is 3.97. The zero-order valence-electron chi connectivity index (χ0n) is 12.2. The average molecular weight is 279 g/mol. The third-order valence-corrected chi connectivity index (χ3v) is 4.30. The van der Waals surface area contributed by atoms with Crippen LogP contribution in [-0.4, -0.2) is 26.1 Å². The number of nitrogens with zero attached hydrogens (tertiary/aromatic N) is 4. The molecule has 0 amide bonds. The van der Waals surface area contributed by atoms with Crippen molar-refractivity contribution in [1.82, 2.24) is 24.9 Å². The second-order valence-corrected chi connectivity index (χ2v) is 5.63. The topological polar surface area (TPSA) is 47.7 Å². The van der Waals surface area contributed by atoms with E-state index < -0.39 is 0 Å². The molecule has 19 heavy (non-hydrogen) atoms. The lowest BCUT2D eigenvalue weighted by Gasteiger charge is -2.07. The summed E-state index contributed by atoms with van der Waals surface area (Å²) in [4.78, 5) is 0. The molecule has 0 bridgehead atoms. The van der Waals surface area contributed by atoms with E-state index in [1.165, 1.54) is 10.6 Å². The van der Waals surface area contributed by atoms with Crippen LogP contribution >= 0.6 is 11.8 Å². The molecule has 0 saturated carbocycles. The maximum absolute atomic E-state index is 4.52. The van der Waals surface area contributed by atoms with Gasteiger partial charge in [-0.3, -0.25) is 9.36 Å². The van der Waals surface area contributed by atoms with Crippen molar-refractivity contribution < 1.29 is 0 Å². The van der Waals surface area contributed by atoms with E-state index in [0.29, 0.717) is 0 Å². The van der Waals surface area contributed by atoms with Gasteiger partial charge in [0.15, 0.2) is 0 Å². The maximum Gasteiger partial charge on any atom is 0.105 e. The van der Waals surface area contributed by atoms with Crippen LogP contribution in [0.3, 0.4) is 0 Å². The van der Waals surface area contributed by atoms with Gasteiger partial charge in [-0.1, -0.05) is 18.7 Å². The third kappa shape index (κ3) is 3.01. The van der Waals surface area contributed by atoms with Crippen LogP contribution in [0.4, 0.5) is 0 Å². The first-order valence-electron chi connectivity index (χ1n) is 6.44. The van der Waals surface area contributed by atoms with Crippen LogP contribution in [0.5, 0.6) is 0 Å². The summed E-state index contributed by atoms with van der Waals surface area (Å²) in [6, 6.07) is 2.10. The molecule has 0 aliphatic heterocycles. The summed E-state index contributed by atoms with van der Waals surface area (Å²) in [5.41, 5.74) is 3.40. The molecule has 1 N–H and O–H groups in total. The first kappa shape index (κ1) is 14.1. The normalized spacial score (nSPS) is 11.2. The lowest BCUT2D eigenvalue weighted by Crippen LogP contribution is -2.12. The van der Waals surface area contributed by atoms with Crippen LogP contribution in [0.25, 0.3) is 0 Å². The maximum atomic E-state index is 4.52. The average Bonchev–Trinajstić information content (AvgIpc) is 2.78. The summed E-state index contributed by atoms with van der Waals surface area (Å²) in [6.07, 6.45) is 0. The summed E-state index contributed by atoms with van der Waals surface area (Å²) < 4.78 is 3.87. The molecule has 5 nitrogen and oxygen atoms in total. The van der Waals surface area contributed by atoms with Crippen molar-refractivity contribution in [1.29, 1.82) is 0 Å². The molecule has 0 aliphatic carbocycles. The van der Waals surface area contributed by atoms with Gasteiger partial charge in [-0.05, 0) is 26.5 Å². The van der Waals surface area contributed by atoms with Crippen molar-refractivity contribution in [2.24, 2.45) is 14.1 Å². The van der Waals surface area contributed by atoms with Gasteiger partial charge in [0.25, 0.3) is 0 Å². The molecule has 0 atom stereocenters. The largest absolute Gasteiger partial charge is 0.313 e. The molecule has 2 heterocycles. The molecule has 0 fully saturated rings. The first-order chi connectivity index (χ1) is 9.02. The van der Waals surface area contributed by atoms with E-state index in [4.69, 9.17) is 0 Å². The Morgan fingerprint density at radius 1 is 1.21 bits per heavy atom. The second-order valence-electron chi connectivity index (χ2n) is 4.62. The van der Waals surface area contributed by atoms with Crippen LogP contribution in [0.1, 0.15) is 23.9 Å². The number of rotatable bonds is 5. The van der Waals surface area contributed by atoms with Crippen molar-refractivity contribution in [3.8, 4) is 0 Å². The number of nitrogens with one attached hydrogen (secondary N) is 1. The number of hydrogen-bond acceptors (Lipinski definition) is 4. The van der Waals surface area contributed by atoms with Crippen LogP contribution in [-0.2, 0) is 20.6 Å². The monoisotopic (exact) mass is 279 g/mol. The van der Waals surface area contributed by atoms with Crippen LogP contribution in [0.15, 0.2) is 16.1 Å². The molecule has 0 radical (unpaired) electrons. The van der Waals surface area contributed by atoms with E-state index in [0.717, 1.165) is 29.5 Å². The lowest BCUT2D eigenvalue weighted by molar-refractivity contribution is 0.665. The van der Waals surface area contributed by atoms with Gasteiger partial charge in [0.05, 0.1) is 11.4 Å². The number of aromatic nitrogens is 4. The van der Waals surface area contributed by atoms with Gasteiger partial charge >= 0.3 is 0 Å². The molecular weight excluding hydrogens is 258 g/mol. The Balaban J connectivity index is 2.31. The third-order valence-electron chi connectivity index (χ3n) is 3.00. The highest BCUT2D eigenvalue weighted by Gasteiger charge is 2.15. The van der Waals surface area contributed by atoms with Crippen molar-refractivity contribution >= 4 is 11.8 Å². The Bertz CT molecular complexity index is 570. The molecular formula is C13H21N5S. The predicted molar refractivity (Wildman–Crippen MR) is 77.4 cm³/mol. The number of hydrogen-bond donors (Lipinski definition) is 1. The van der Waals surface area contributed by atoms with Crippen LogP contribution in [0.2, 0.25) is 0 Å². The Labute approximate surface area is 118 Å². The highest BCUT2D eigenvalue weighted by atomic mass is 32.2.